The van der Waals surface area contributed by atoms with Crippen LogP contribution in [-0.2, 0) is 10.0 Å². The van der Waals surface area contributed by atoms with E-state index in [2.05, 4.69) is 4.74 Å². The Kier molecular flexibility index (Phi) is 3.05. The highest BCUT2D eigenvalue weighted by molar-refractivity contribution is 7.89. The molecule has 19 heavy (non-hydrogen) atoms. The lowest BCUT2D eigenvalue weighted by molar-refractivity contribution is 0.209. The number of aromatic hydroxyl groups is 1. The van der Waals surface area contributed by atoms with Gasteiger partial charge in [0.1, 0.15) is 5.75 Å². The number of benzene rings is 2. The van der Waals surface area contributed by atoms with Crippen molar-refractivity contribution in [2.75, 3.05) is 0 Å². The smallest absolute Gasteiger partial charge is 0.410 e. The van der Waals surface area contributed by atoms with Gasteiger partial charge in [-0.15, -0.1) is 0 Å². The molecule has 8 heteroatoms. The predicted octanol–water partition coefficient (Wildman–Crippen LogP) is 0.650. The molecule has 0 fully saturated rings. The molecule has 2 rings (SSSR count). The van der Waals surface area contributed by atoms with Gasteiger partial charge in [0.2, 0.25) is 10.0 Å². The third kappa shape index (κ3) is 2.44. The van der Waals surface area contributed by atoms with Crippen LogP contribution >= 0.6 is 0 Å². The molecular formula is C11H10N2O5S. The first-order valence-electron chi connectivity index (χ1n) is 5.05. The Morgan fingerprint density at radius 2 is 1.89 bits per heavy atom. The highest BCUT2D eigenvalue weighted by atomic mass is 32.2. The first-order chi connectivity index (χ1) is 8.80. The maximum atomic E-state index is 11.5. The summed E-state index contributed by atoms with van der Waals surface area (Å²) in [6.07, 6.45) is -1.21. The van der Waals surface area contributed by atoms with E-state index < -0.39 is 32.5 Å². The van der Waals surface area contributed by atoms with Crippen LogP contribution in [0.2, 0.25) is 0 Å². The molecule has 0 unspecified atom stereocenters. The fraction of sp³-hybridized carbons (Fsp3) is 0. The lowest BCUT2D eigenvalue weighted by Gasteiger charge is -2.11. The number of rotatable bonds is 2. The second-order valence-electron chi connectivity index (χ2n) is 3.74. The van der Waals surface area contributed by atoms with E-state index in [0.29, 0.717) is 5.39 Å². The zero-order valence-electron chi connectivity index (χ0n) is 9.53. The van der Waals surface area contributed by atoms with Crippen molar-refractivity contribution in [1.82, 2.24) is 0 Å². The molecule has 0 atom stereocenters. The van der Waals surface area contributed by atoms with Gasteiger partial charge in [-0.1, -0.05) is 24.3 Å². The molecule has 0 aliphatic carbocycles. The van der Waals surface area contributed by atoms with Crippen molar-refractivity contribution in [3.05, 3.63) is 30.3 Å². The molecule has 0 aliphatic rings. The number of amides is 1. The zero-order chi connectivity index (χ0) is 14.2. The molecule has 0 saturated heterocycles. The van der Waals surface area contributed by atoms with Crippen LogP contribution in [0.5, 0.6) is 11.5 Å². The van der Waals surface area contributed by atoms with Gasteiger partial charge >= 0.3 is 6.09 Å². The molecule has 2 aromatic rings. The number of primary sulfonamides is 1. The highest BCUT2D eigenvalue weighted by Gasteiger charge is 2.24. The molecule has 0 aromatic heterocycles. The predicted molar refractivity (Wildman–Crippen MR) is 67.2 cm³/mol. The maximum Gasteiger partial charge on any atom is 0.410 e. The number of ether oxygens (including phenoxy) is 1. The summed E-state index contributed by atoms with van der Waals surface area (Å²) in [5, 5.41) is 15.7. The van der Waals surface area contributed by atoms with E-state index in [4.69, 9.17) is 10.9 Å². The number of sulfonamides is 1. The van der Waals surface area contributed by atoms with Crippen LogP contribution in [0.4, 0.5) is 4.79 Å². The summed E-state index contributed by atoms with van der Waals surface area (Å²) in [5.74, 6) is -0.997. The molecule has 0 radical (unpaired) electrons. The van der Waals surface area contributed by atoms with E-state index in [1.54, 1.807) is 18.2 Å². The molecule has 1 amide bonds. The van der Waals surface area contributed by atoms with Crippen molar-refractivity contribution < 1.29 is 23.1 Å². The van der Waals surface area contributed by atoms with E-state index >= 15 is 0 Å². The number of hydrogen-bond donors (Lipinski definition) is 3. The number of phenolic OH excluding ortho intramolecular Hbond substituents is 1. The van der Waals surface area contributed by atoms with Crippen LogP contribution in [0.3, 0.4) is 0 Å². The van der Waals surface area contributed by atoms with E-state index in [-0.39, 0.29) is 5.39 Å². The normalized spacial score (nSPS) is 11.4. The molecule has 0 heterocycles. The fourth-order valence-corrected chi connectivity index (χ4v) is 2.50. The number of phenols is 1. The van der Waals surface area contributed by atoms with Crippen LogP contribution in [0.15, 0.2) is 35.2 Å². The molecule has 0 saturated carbocycles. The Hall–Kier alpha value is -2.32. The van der Waals surface area contributed by atoms with Gasteiger partial charge in [-0.3, -0.25) is 0 Å². The second kappa shape index (κ2) is 4.41. The van der Waals surface area contributed by atoms with Crippen LogP contribution in [0.25, 0.3) is 10.8 Å². The summed E-state index contributed by atoms with van der Waals surface area (Å²) in [4.78, 5) is 10.1. The summed E-state index contributed by atoms with van der Waals surface area (Å²) < 4.78 is 27.6. The molecule has 100 valence electrons. The van der Waals surface area contributed by atoms with Crippen LogP contribution in [-0.4, -0.2) is 19.6 Å². The van der Waals surface area contributed by atoms with E-state index in [9.17, 15) is 18.3 Å². The lowest BCUT2D eigenvalue weighted by atomic mass is 10.1. The Labute approximate surface area is 108 Å². The van der Waals surface area contributed by atoms with Gasteiger partial charge in [-0.05, 0) is 11.5 Å². The molecule has 7 nitrogen and oxygen atoms in total. The second-order valence-corrected chi connectivity index (χ2v) is 5.24. The summed E-state index contributed by atoms with van der Waals surface area (Å²) >= 11 is 0. The third-order valence-corrected chi connectivity index (χ3v) is 3.40. The first kappa shape index (κ1) is 13.1. The first-order valence-corrected chi connectivity index (χ1v) is 6.60. The van der Waals surface area contributed by atoms with E-state index in [0.717, 1.165) is 0 Å². The molecule has 0 spiro atoms. The number of primary amides is 1. The Balaban J connectivity index is 2.88. The summed E-state index contributed by atoms with van der Waals surface area (Å²) in [6.45, 7) is 0. The van der Waals surface area contributed by atoms with Crippen molar-refractivity contribution in [1.29, 1.82) is 0 Å². The van der Waals surface area contributed by atoms with Crippen LogP contribution in [0.1, 0.15) is 0 Å². The quantitative estimate of drug-likeness (QED) is 0.743. The van der Waals surface area contributed by atoms with Gasteiger partial charge < -0.3 is 15.6 Å². The SMILES string of the molecule is NC(=O)Oc1cc2ccccc2c(O)c1S(N)(=O)=O. The van der Waals surface area contributed by atoms with Crippen molar-refractivity contribution in [3.63, 3.8) is 0 Å². The van der Waals surface area contributed by atoms with Gasteiger partial charge in [0.15, 0.2) is 10.6 Å². The molecule has 0 aliphatic heterocycles. The lowest BCUT2D eigenvalue weighted by Crippen LogP contribution is -2.20. The van der Waals surface area contributed by atoms with Gasteiger partial charge in [-0.25, -0.2) is 18.4 Å². The number of nitrogens with two attached hydrogens (primary N) is 2. The van der Waals surface area contributed by atoms with Crippen LogP contribution < -0.4 is 15.6 Å². The standard InChI is InChI=1S/C11H10N2O5S/c12-11(15)18-8-5-6-3-1-2-4-7(6)9(14)10(8)19(13,16)17/h1-5,14H,(H2,12,15)(H2,13,16,17). The summed E-state index contributed by atoms with van der Waals surface area (Å²) in [7, 11) is -4.28. The third-order valence-electron chi connectivity index (χ3n) is 2.44. The van der Waals surface area contributed by atoms with Crippen molar-refractivity contribution in [2.24, 2.45) is 10.9 Å². The monoisotopic (exact) mass is 282 g/mol. The highest BCUT2D eigenvalue weighted by Crippen LogP contribution is 2.38. The Morgan fingerprint density at radius 1 is 1.26 bits per heavy atom. The number of carbonyl (C=O) groups excluding carboxylic acids is 1. The van der Waals surface area contributed by atoms with Crippen molar-refractivity contribution in [3.8, 4) is 11.5 Å². The summed E-state index contributed by atoms with van der Waals surface area (Å²) in [5.41, 5.74) is 4.85. The largest absolute Gasteiger partial charge is 0.506 e. The average molecular weight is 282 g/mol. The minimum Gasteiger partial charge on any atom is -0.506 e. The fourth-order valence-electron chi connectivity index (χ4n) is 1.74. The Morgan fingerprint density at radius 3 is 2.47 bits per heavy atom. The minimum absolute atomic E-state index is 0.267. The van der Waals surface area contributed by atoms with Gasteiger partial charge in [0, 0.05) is 5.39 Å². The molecule has 2 aromatic carbocycles. The average Bonchev–Trinajstić information content (AvgIpc) is 2.26. The molecule has 0 bridgehead atoms. The van der Waals surface area contributed by atoms with E-state index in [1.807, 2.05) is 0 Å². The van der Waals surface area contributed by atoms with Crippen molar-refractivity contribution >= 4 is 26.9 Å². The Bertz CT molecular complexity index is 770. The zero-order valence-corrected chi connectivity index (χ0v) is 10.3. The molecule has 5 N–H and O–H groups in total. The maximum absolute atomic E-state index is 11.5. The van der Waals surface area contributed by atoms with Gasteiger partial charge in [0.05, 0.1) is 0 Å². The van der Waals surface area contributed by atoms with E-state index in [1.165, 1.54) is 12.1 Å². The number of fused-ring (bicyclic) bond motifs is 1. The van der Waals surface area contributed by atoms with Gasteiger partial charge in [0.25, 0.3) is 0 Å². The topological polar surface area (TPSA) is 133 Å². The number of carbonyl (C=O) groups is 1. The van der Waals surface area contributed by atoms with Gasteiger partial charge in [-0.2, -0.15) is 0 Å². The minimum atomic E-state index is -4.28. The van der Waals surface area contributed by atoms with Crippen LogP contribution in [0, 0.1) is 0 Å². The molecular weight excluding hydrogens is 272 g/mol. The summed E-state index contributed by atoms with van der Waals surface area (Å²) in [6, 6.07) is 7.67. The van der Waals surface area contributed by atoms with Crippen molar-refractivity contribution in [2.45, 2.75) is 4.90 Å². The number of hydrogen-bond acceptors (Lipinski definition) is 5.